The van der Waals surface area contributed by atoms with Crippen molar-refractivity contribution in [3.05, 3.63) is 22.3 Å². The number of nitrogens with one attached hydrogen (secondary N) is 1. The van der Waals surface area contributed by atoms with Gasteiger partial charge in [0.25, 0.3) is 0 Å². The summed E-state index contributed by atoms with van der Waals surface area (Å²) in [5.74, 6) is 0.0394. The molecule has 0 amide bonds. The average molecular weight is 366 g/mol. The zero-order valence-electron chi connectivity index (χ0n) is 12.0. The van der Waals surface area contributed by atoms with E-state index < -0.39 is 11.7 Å². The highest BCUT2D eigenvalue weighted by Gasteiger charge is 2.38. The van der Waals surface area contributed by atoms with E-state index in [0.717, 1.165) is 18.9 Å². The summed E-state index contributed by atoms with van der Waals surface area (Å²) in [6.45, 7) is 5.25. The molecule has 2 heterocycles. The molecule has 0 radical (unpaired) electrons. The van der Waals surface area contributed by atoms with Crippen LogP contribution >= 0.6 is 15.9 Å². The van der Waals surface area contributed by atoms with Crippen LogP contribution < -0.4 is 10.2 Å². The molecule has 2 rings (SSSR count). The molecule has 0 aliphatic carbocycles. The van der Waals surface area contributed by atoms with Gasteiger partial charge >= 0.3 is 6.18 Å². The number of nitrogens with zero attached hydrogens (tertiary/aromatic N) is 2. The fourth-order valence-corrected chi connectivity index (χ4v) is 2.96. The minimum absolute atomic E-state index is 0.0302. The molecule has 0 spiro atoms. The van der Waals surface area contributed by atoms with Crippen molar-refractivity contribution < 1.29 is 13.2 Å². The molecular weight excluding hydrogens is 347 g/mol. The first-order chi connectivity index (χ1) is 9.86. The van der Waals surface area contributed by atoms with Crippen LogP contribution in [0.2, 0.25) is 0 Å². The maximum Gasteiger partial charge on any atom is 0.419 e. The highest BCUT2D eigenvalue weighted by atomic mass is 79.9. The quantitative estimate of drug-likeness (QED) is 0.882. The summed E-state index contributed by atoms with van der Waals surface area (Å²) in [5, 5.41) is 3.38. The molecule has 1 fully saturated rings. The van der Waals surface area contributed by atoms with Crippen LogP contribution in [0.3, 0.4) is 0 Å². The van der Waals surface area contributed by atoms with E-state index in [1.807, 2.05) is 13.8 Å². The zero-order valence-corrected chi connectivity index (χ0v) is 13.6. The third kappa shape index (κ3) is 3.69. The van der Waals surface area contributed by atoms with Gasteiger partial charge in [-0.1, -0.05) is 13.8 Å². The number of pyridine rings is 1. The maximum absolute atomic E-state index is 13.3. The van der Waals surface area contributed by atoms with Gasteiger partial charge in [-0.15, -0.1) is 0 Å². The number of halogens is 4. The summed E-state index contributed by atoms with van der Waals surface area (Å²) in [4.78, 5) is 5.87. The predicted molar refractivity (Wildman–Crippen MR) is 80.4 cm³/mol. The third-order valence-electron chi connectivity index (χ3n) is 3.87. The zero-order chi connectivity index (χ0) is 15.6. The predicted octanol–water partition coefficient (Wildman–Crippen LogP) is 3.83. The lowest BCUT2D eigenvalue weighted by Crippen LogP contribution is -2.56. The third-order valence-corrected chi connectivity index (χ3v) is 4.31. The van der Waals surface area contributed by atoms with Crippen molar-refractivity contribution in [2.45, 2.75) is 44.9 Å². The molecule has 1 aliphatic heterocycles. The van der Waals surface area contributed by atoms with Crippen molar-refractivity contribution >= 4 is 21.7 Å². The normalized spacial score (nSPS) is 23.4. The highest BCUT2D eigenvalue weighted by molar-refractivity contribution is 9.10. The van der Waals surface area contributed by atoms with Gasteiger partial charge in [0.05, 0.1) is 5.56 Å². The molecule has 2 atom stereocenters. The van der Waals surface area contributed by atoms with Gasteiger partial charge in [0.2, 0.25) is 0 Å². The number of aromatic nitrogens is 1. The Balaban J connectivity index is 2.42. The molecule has 21 heavy (non-hydrogen) atoms. The number of hydrogen-bond acceptors (Lipinski definition) is 3. The molecule has 0 saturated carbocycles. The summed E-state index contributed by atoms with van der Waals surface area (Å²) in [6, 6.07) is 1.33. The van der Waals surface area contributed by atoms with Gasteiger partial charge in [-0.2, -0.15) is 13.2 Å². The second-order valence-corrected chi connectivity index (χ2v) is 6.17. The van der Waals surface area contributed by atoms with Gasteiger partial charge in [-0.05, 0) is 34.8 Å². The van der Waals surface area contributed by atoms with E-state index in [0.29, 0.717) is 17.6 Å². The monoisotopic (exact) mass is 365 g/mol. The minimum Gasteiger partial charge on any atom is -0.350 e. The minimum atomic E-state index is -4.41. The molecule has 1 aromatic heterocycles. The first-order valence-corrected chi connectivity index (χ1v) is 7.88. The van der Waals surface area contributed by atoms with Gasteiger partial charge in [-0.25, -0.2) is 4.98 Å². The van der Waals surface area contributed by atoms with Crippen LogP contribution in [0.1, 0.15) is 32.3 Å². The highest BCUT2D eigenvalue weighted by Crippen LogP contribution is 2.38. The molecule has 3 nitrogen and oxygen atoms in total. The summed E-state index contributed by atoms with van der Waals surface area (Å²) < 4.78 is 40.2. The lowest BCUT2D eigenvalue weighted by Gasteiger charge is -2.41. The van der Waals surface area contributed by atoms with Crippen LogP contribution in [-0.2, 0) is 6.18 Å². The Hall–Kier alpha value is -0.820. The lowest BCUT2D eigenvalue weighted by molar-refractivity contribution is -0.137. The van der Waals surface area contributed by atoms with Crippen molar-refractivity contribution in [1.82, 2.24) is 10.3 Å². The van der Waals surface area contributed by atoms with Crippen molar-refractivity contribution in [3.63, 3.8) is 0 Å². The molecule has 118 valence electrons. The first-order valence-electron chi connectivity index (χ1n) is 7.09. The standard InChI is InChI=1S/C14H19BrF3N3/c1-3-10-8-21(11(4-2)7-19-10)13-12(14(16,17)18)5-9(15)6-20-13/h5-6,10-11,19H,3-4,7-8H2,1-2H3. The Morgan fingerprint density at radius 2 is 2.10 bits per heavy atom. The molecule has 1 aliphatic rings. The van der Waals surface area contributed by atoms with E-state index in [1.54, 1.807) is 4.90 Å². The van der Waals surface area contributed by atoms with Gasteiger partial charge in [0.15, 0.2) is 0 Å². The van der Waals surface area contributed by atoms with E-state index in [1.165, 1.54) is 6.20 Å². The Kier molecular flexibility index (Phi) is 5.14. The van der Waals surface area contributed by atoms with Gasteiger partial charge < -0.3 is 10.2 Å². The Bertz CT molecular complexity index is 493. The molecule has 2 unspecified atom stereocenters. The van der Waals surface area contributed by atoms with Crippen LogP contribution in [0.5, 0.6) is 0 Å². The van der Waals surface area contributed by atoms with E-state index >= 15 is 0 Å². The molecule has 1 N–H and O–H groups in total. The first kappa shape index (κ1) is 16.5. The smallest absolute Gasteiger partial charge is 0.350 e. The summed E-state index contributed by atoms with van der Waals surface area (Å²) >= 11 is 3.08. The van der Waals surface area contributed by atoms with Gasteiger partial charge in [0.1, 0.15) is 5.82 Å². The Morgan fingerprint density at radius 3 is 2.67 bits per heavy atom. The number of alkyl halides is 3. The van der Waals surface area contributed by atoms with Crippen molar-refractivity contribution in [2.24, 2.45) is 0 Å². The van der Waals surface area contributed by atoms with Gasteiger partial charge in [0, 0.05) is 35.8 Å². The second-order valence-electron chi connectivity index (χ2n) is 5.25. The Morgan fingerprint density at radius 1 is 1.38 bits per heavy atom. The fourth-order valence-electron chi connectivity index (χ4n) is 2.63. The molecule has 0 bridgehead atoms. The average Bonchev–Trinajstić information content (AvgIpc) is 2.45. The van der Waals surface area contributed by atoms with Crippen LogP contribution in [0.25, 0.3) is 0 Å². The summed E-state index contributed by atoms with van der Waals surface area (Å²) in [7, 11) is 0. The van der Waals surface area contributed by atoms with E-state index in [2.05, 4.69) is 26.2 Å². The lowest BCUT2D eigenvalue weighted by atomic mass is 10.0. The number of hydrogen-bond donors (Lipinski definition) is 1. The second kappa shape index (κ2) is 6.52. The van der Waals surface area contributed by atoms with Gasteiger partial charge in [-0.3, -0.25) is 0 Å². The SMILES string of the molecule is CCC1CN(c2ncc(Br)cc2C(F)(F)F)C(CC)CN1. The molecular formula is C14H19BrF3N3. The Labute approximate surface area is 131 Å². The van der Waals surface area contributed by atoms with Crippen LogP contribution in [0.4, 0.5) is 19.0 Å². The van der Waals surface area contributed by atoms with Crippen molar-refractivity contribution in [2.75, 3.05) is 18.0 Å². The molecule has 1 aromatic rings. The van der Waals surface area contributed by atoms with Crippen LogP contribution in [0, 0.1) is 0 Å². The van der Waals surface area contributed by atoms with E-state index in [-0.39, 0.29) is 17.9 Å². The molecule has 1 saturated heterocycles. The largest absolute Gasteiger partial charge is 0.419 e. The fraction of sp³-hybridized carbons (Fsp3) is 0.643. The summed E-state index contributed by atoms with van der Waals surface area (Å²) in [5.41, 5.74) is -0.674. The van der Waals surface area contributed by atoms with Crippen molar-refractivity contribution in [3.8, 4) is 0 Å². The van der Waals surface area contributed by atoms with E-state index in [4.69, 9.17) is 0 Å². The number of anilines is 1. The number of rotatable bonds is 3. The van der Waals surface area contributed by atoms with Crippen LogP contribution in [-0.4, -0.2) is 30.2 Å². The summed E-state index contributed by atoms with van der Waals surface area (Å²) in [6.07, 6.45) is -1.32. The van der Waals surface area contributed by atoms with E-state index in [9.17, 15) is 13.2 Å². The maximum atomic E-state index is 13.3. The van der Waals surface area contributed by atoms with Crippen LogP contribution in [0.15, 0.2) is 16.7 Å². The number of piperazine rings is 1. The molecule has 7 heteroatoms. The van der Waals surface area contributed by atoms with Crippen molar-refractivity contribution in [1.29, 1.82) is 0 Å². The molecule has 0 aromatic carbocycles. The topological polar surface area (TPSA) is 28.2 Å².